The average molecular weight is 360 g/mol. The van der Waals surface area contributed by atoms with Gasteiger partial charge in [0.1, 0.15) is 5.65 Å². The summed E-state index contributed by atoms with van der Waals surface area (Å²) in [5.74, 6) is 2.04. The quantitative estimate of drug-likeness (QED) is 0.569. The molecule has 0 radical (unpaired) electrons. The Morgan fingerprint density at radius 3 is 2.44 bits per heavy atom. The van der Waals surface area contributed by atoms with Crippen LogP contribution in [0.1, 0.15) is 5.56 Å². The topological polar surface area (TPSA) is 60.7 Å². The first kappa shape index (κ1) is 16.9. The number of nitrogens with zero attached hydrogens (tertiary/aromatic N) is 3. The van der Waals surface area contributed by atoms with Crippen molar-refractivity contribution in [3.05, 3.63) is 66.5 Å². The minimum atomic E-state index is 0.660. The Hall–Kier alpha value is -3.54. The molecule has 2 aromatic heterocycles. The van der Waals surface area contributed by atoms with Crippen molar-refractivity contribution >= 4 is 17.3 Å². The summed E-state index contributed by atoms with van der Waals surface area (Å²) in [4.78, 5) is 9.23. The number of imidazole rings is 1. The molecule has 6 nitrogen and oxygen atoms in total. The van der Waals surface area contributed by atoms with E-state index in [0.717, 1.165) is 22.6 Å². The maximum Gasteiger partial charge on any atom is 0.213 e. The van der Waals surface area contributed by atoms with Gasteiger partial charge in [0.05, 0.1) is 19.9 Å². The van der Waals surface area contributed by atoms with E-state index >= 15 is 0 Å². The van der Waals surface area contributed by atoms with Gasteiger partial charge in [0.25, 0.3) is 0 Å². The maximum absolute atomic E-state index is 5.42. The lowest BCUT2D eigenvalue weighted by Gasteiger charge is -2.12. The van der Waals surface area contributed by atoms with E-state index in [1.54, 1.807) is 20.4 Å². The lowest BCUT2D eigenvalue weighted by Crippen LogP contribution is -2.02. The summed E-state index contributed by atoms with van der Waals surface area (Å²) in [6, 6.07) is 15.9. The van der Waals surface area contributed by atoms with Crippen LogP contribution in [-0.4, -0.2) is 28.6 Å². The molecule has 0 spiro atoms. The van der Waals surface area contributed by atoms with Crippen molar-refractivity contribution in [3.8, 4) is 22.8 Å². The number of aryl methyl sites for hydroxylation is 1. The number of aromatic nitrogens is 3. The molecule has 0 aliphatic carbocycles. The van der Waals surface area contributed by atoms with Crippen molar-refractivity contribution in [1.82, 2.24) is 14.4 Å². The van der Waals surface area contributed by atoms with Crippen LogP contribution in [0.5, 0.6) is 11.5 Å². The number of nitrogens with one attached hydrogen (secondary N) is 1. The molecule has 4 rings (SSSR count). The van der Waals surface area contributed by atoms with Gasteiger partial charge in [-0.05, 0) is 37.3 Å². The largest absolute Gasteiger partial charge is 0.493 e. The first-order valence-electron chi connectivity index (χ1n) is 8.58. The second kappa shape index (κ2) is 6.99. The fourth-order valence-corrected chi connectivity index (χ4v) is 2.92. The summed E-state index contributed by atoms with van der Waals surface area (Å²) >= 11 is 0. The minimum Gasteiger partial charge on any atom is -0.493 e. The van der Waals surface area contributed by atoms with Crippen molar-refractivity contribution in [2.24, 2.45) is 0 Å². The Balaban J connectivity index is 1.79. The highest BCUT2D eigenvalue weighted by atomic mass is 16.5. The van der Waals surface area contributed by atoms with Crippen LogP contribution in [-0.2, 0) is 0 Å². The first-order chi connectivity index (χ1) is 13.2. The normalized spacial score (nSPS) is 10.8. The SMILES string of the molecule is COc1ccc(-c2cc3nccn3c(Nc3ccc(C)cc3)n2)cc1OC. The number of methoxy groups -OCH3 is 2. The van der Waals surface area contributed by atoms with Gasteiger partial charge in [0, 0.05) is 29.7 Å². The molecule has 0 aliphatic rings. The molecule has 6 heteroatoms. The standard InChI is InChI=1S/C21H20N4O2/c1-14-4-7-16(8-5-14)23-21-24-17(13-20-22-10-11-25(20)21)15-6-9-18(26-2)19(12-15)27-3/h4-13H,1-3H3,(H,23,24). The third-order valence-electron chi connectivity index (χ3n) is 4.38. The van der Waals surface area contributed by atoms with Crippen LogP contribution in [0.4, 0.5) is 11.6 Å². The molecule has 0 aliphatic heterocycles. The fourth-order valence-electron chi connectivity index (χ4n) is 2.92. The molecule has 0 fully saturated rings. The highest BCUT2D eigenvalue weighted by Gasteiger charge is 2.11. The van der Waals surface area contributed by atoms with E-state index in [2.05, 4.69) is 29.4 Å². The molecular weight excluding hydrogens is 340 g/mol. The summed E-state index contributed by atoms with van der Waals surface area (Å²) in [6.07, 6.45) is 3.65. The number of ether oxygens (including phenoxy) is 2. The number of benzene rings is 2. The molecule has 2 aromatic carbocycles. The first-order valence-corrected chi connectivity index (χ1v) is 8.58. The zero-order valence-electron chi connectivity index (χ0n) is 15.4. The molecule has 1 N–H and O–H groups in total. The maximum atomic E-state index is 5.42. The molecule has 0 saturated carbocycles. The Bertz CT molecular complexity index is 1090. The second-order valence-electron chi connectivity index (χ2n) is 6.18. The highest BCUT2D eigenvalue weighted by molar-refractivity contribution is 5.70. The van der Waals surface area contributed by atoms with Gasteiger partial charge < -0.3 is 14.8 Å². The lowest BCUT2D eigenvalue weighted by atomic mass is 10.1. The molecule has 27 heavy (non-hydrogen) atoms. The molecule has 0 bridgehead atoms. The molecule has 2 heterocycles. The van der Waals surface area contributed by atoms with E-state index in [1.165, 1.54) is 5.56 Å². The summed E-state index contributed by atoms with van der Waals surface area (Å²) in [6.45, 7) is 2.06. The van der Waals surface area contributed by atoms with E-state index in [4.69, 9.17) is 14.5 Å². The predicted molar refractivity (Wildman–Crippen MR) is 106 cm³/mol. The lowest BCUT2D eigenvalue weighted by molar-refractivity contribution is 0.355. The Kier molecular flexibility index (Phi) is 4.38. The summed E-state index contributed by atoms with van der Waals surface area (Å²) < 4.78 is 12.7. The Morgan fingerprint density at radius 2 is 1.70 bits per heavy atom. The summed E-state index contributed by atoms with van der Waals surface area (Å²) in [5, 5.41) is 3.38. The molecule has 0 unspecified atom stereocenters. The van der Waals surface area contributed by atoms with Gasteiger partial charge in [-0.3, -0.25) is 4.40 Å². The van der Waals surface area contributed by atoms with Gasteiger partial charge in [-0.25, -0.2) is 9.97 Å². The fraction of sp³-hybridized carbons (Fsp3) is 0.143. The van der Waals surface area contributed by atoms with Crippen molar-refractivity contribution in [2.75, 3.05) is 19.5 Å². The molecule has 0 saturated heterocycles. The van der Waals surface area contributed by atoms with Gasteiger partial charge in [-0.15, -0.1) is 0 Å². The van der Waals surface area contributed by atoms with Crippen molar-refractivity contribution in [2.45, 2.75) is 6.92 Å². The Morgan fingerprint density at radius 1 is 0.926 bits per heavy atom. The molecular formula is C21H20N4O2. The van der Waals surface area contributed by atoms with E-state index in [9.17, 15) is 0 Å². The van der Waals surface area contributed by atoms with E-state index in [1.807, 2.05) is 47.0 Å². The number of hydrogen-bond acceptors (Lipinski definition) is 5. The molecule has 4 aromatic rings. The molecule has 0 atom stereocenters. The van der Waals surface area contributed by atoms with Gasteiger partial charge in [0.2, 0.25) is 5.95 Å². The van der Waals surface area contributed by atoms with E-state index in [0.29, 0.717) is 17.4 Å². The number of anilines is 2. The second-order valence-corrected chi connectivity index (χ2v) is 6.18. The van der Waals surface area contributed by atoms with Crippen LogP contribution in [0.2, 0.25) is 0 Å². The monoisotopic (exact) mass is 360 g/mol. The van der Waals surface area contributed by atoms with Crippen LogP contribution < -0.4 is 14.8 Å². The van der Waals surface area contributed by atoms with Crippen LogP contribution >= 0.6 is 0 Å². The van der Waals surface area contributed by atoms with Crippen LogP contribution in [0.3, 0.4) is 0 Å². The van der Waals surface area contributed by atoms with Crippen LogP contribution in [0.15, 0.2) is 60.9 Å². The average Bonchev–Trinajstić information content (AvgIpc) is 3.18. The zero-order chi connectivity index (χ0) is 18.8. The van der Waals surface area contributed by atoms with Gasteiger partial charge in [0.15, 0.2) is 11.5 Å². The van der Waals surface area contributed by atoms with E-state index in [-0.39, 0.29) is 0 Å². The van der Waals surface area contributed by atoms with Crippen molar-refractivity contribution < 1.29 is 9.47 Å². The number of hydrogen-bond donors (Lipinski definition) is 1. The third-order valence-corrected chi connectivity index (χ3v) is 4.38. The zero-order valence-corrected chi connectivity index (χ0v) is 15.4. The van der Waals surface area contributed by atoms with Gasteiger partial charge >= 0.3 is 0 Å². The van der Waals surface area contributed by atoms with Crippen LogP contribution in [0, 0.1) is 6.92 Å². The molecule has 136 valence electrons. The highest BCUT2D eigenvalue weighted by Crippen LogP contribution is 2.32. The minimum absolute atomic E-state index is 0.660. The number of fused-ring (bicyclic) bond motifs is 1. The summed E-state index contributed by atoms with van der Waals surface area (Å²) in [5.41, 5.74) is 4.70. The third kappa shape index (κ3) is 3.29. The predicted octanol–water partition coefficient (Wildman–Crippen LogP) is 4.47. The summed E-state index contributed by atoms with van der Waals surface area (Å²) in [7, 11) is 3.24. The van der Waals surface area contributed by atoms with Crippen LogP contribution in [0.25, 0.3) is 16.9 Å². The van der Waals surface area contributed by atoms with Gasteiger partial charge in [-0.1, -0.05) is 17.7 Å². The van der Waals surface area contributed by atoms with Crippen molar-refractivity contribution in [1.29, 1.82) is 0 Å². The van der Waals surface area contributed by atoms with Crippen molar-refractivity contribution in [3.63, 3.8) is 0 Å². The Labute approximate surface area is 157 Å². The smallest absolute Gasteiger partial charge is 0.213 e. The molecule has 0 amide bonds. The van der Waals surface area contributed by atoms with E-state index < -0.39 is 0 Å². The number of rotatable bonds is 5. The van der Waals surface area contributed by atoms with Gasteiger partial charge in [-0.2, -0.15) is 0 Å².